The molecule has 1 aliphatic rings. The summed E-state index contributed by atoms with van der Waals surface area (Å²) in [4.78, 5) is 15.6. The van der Waals surface area contributed by atoms with Crippen LogP contribution in [0, 0.1) is 5.92 Å². The maximum Gasteiger partial charge on any atom is 0.416 e. The van der Waals surface area contributed by atoms with Gasteiger partial charge in [0.15, 0.2) is 0 Å². The molecule has 0 spiro atoms. The molecule has 0 amide bonds. The first-order valence-corrected chi connectivity index (χ1v) is 7.12. The number of carbonyl (C=O) groups excluding carboxylic acids is 1. The van der Waals surface area contributed by atoms with E-state index in [2.05, 4.69) is 11.2 Å². The fourth-order valence-electron chi connectivity index (χ4n) is 2.54. The second-order valence-electron chi connectivity index (χ2n) is 5.53. The van der Waals surface area contributed by atoms with Gasteiger partial charge in [-0.05, 0) is 54.3 Å². The molecule has 1 heterocycles. The molecule has 1 aliphatic heterocycles. The number of ketones is 1. The Labute approximate surface area is 131 Å². The zero-order chi connectivity index (χ0) is 16.6. The van der Waals surface area contributed by atoms with Crippen molar-refractivity contribution in [3.05, 3.63) is 53.6 Å². The SMILES string of the molecule is CC(=O)C1[C]=Nc2ccc(-c3ccc(C(F)(F)F)cc3)cc2C1. The molecule has 0 saturated heterocycles. The third kappa shape index (κ3) is 3.18. The lowest BCUT2D eigenvalue weighted by atomic mass is 9.91. The average Bonchev–Trinajstić information content (AvgIpc) is 2.53. The average molecular weight is 316 g/mol. The molecular formula is C18H13F3NO. The van der Waals surface area contributed by atoms with E-state index in [-0.39, 0.29) is 11.7 Å². The first-order valence-electron chi connectivity index (χ1n) is 7.12. The summed E-state index contributed by atoms with van der Waals surface area (Å²) in [6, 6.07) is 10.5. The third-order valence-electron chi connectivity index (χ3n) is 3.88. The molecule has 0 aromatic heterocycles. The number of rotatable bonds is 2. The second-order valence-corrected chi connectivity index (χ2v) is 5.53. The molecule has 2 nitrogen and oxygen atoms in total. The van der Waals surface area contributed by atoms with Crippen LogP contribution in [0.1, 0.15) is 18.1 Å². The lowest BCUT2D eigenvalue weighted by Gasteiger charge is -2.16. The summed E-state index contributed by atoms with van der Waals surface area (Å²) in [6.07, 6.45) is -1.01. The summed E-state index contributed by atoms with van der Waals surface area (Å²) in [5.41, 5.74) is 2.48. The molecule has 0 bridgehead atoms. The number of hydrogen-bond acceptors (Lipinski definition) is 2. The van der Waals surface area contributed by atoms with Gasteiger partial charge in [-0.3, -0.25) is 9.79 Å². The van der Waals surface area contributed by atoms with Crippen molar-refractivity contribution in [3.63, 3.8) is 0 Å². The Kier molecular flexibility index (Phi) is 3.80. The number of alkyl halides is 3. The summed E-state index contributed by atoms with van der Waals surface area (Å²) in [5, 5.41) is 0. The van der Waals surface area contributed by atoms with E-state index < -0.39 is 11.7 Å². The van der Waals surface area contributed by atoms with Crippen LogP contribution < -0.4 is 0 Å². The third-order valence-corrected chi connectivity index (χ3v) is 3.88. The van der Waals surface area contributed by atoms with Crippen molar-refractivity contribution in [2.45, 2.75) is 19.5 Å². The van der Waals surface area contributed by atoms with Crippen molar-refractivity contribution in [1.82, 2.24) is 0 Å². The number of fused-ring (bicyclic) bond motifs is 1. The fourth-order valence-corrected chi connectivity index (χ4v) is 2.54. The van der Waals surface area contributed by atoms with Crippen LogP contribution in [0.3, 0.4) is 0 Å². The molecule has 2 aromatic carbocycles. The van der Waals surface area contributed by atoms with Crippen LogP contribution in [0.2, 0.25) is 0 Å². The number of Topliss-reactive ketones (excluding diaryl/α,β-unsaturated/α-hetero) is 1. The molecule has 0 aliphatic carbocycles. The summed E-state index contributed by atoms with van der Waals surface area (Å²) >= 11 is 0. The Balaban J connectivity index is 1.92. The van der Waals surface area contributed by atoms with Gasteiger partial charge in [-0.1, -0.05) is 18.2 Å². The van der Waals surface area contributed by atoms with Crippen LogP contribution in [0.4, 0.5) is 18.9 Å². The van der Waals surface area contributed by atoms with E-state index in [1.54, 1.807) is 12.1 Å². The molecule has 1 atom stereocenters. The molecule has 0 fully saturated rings. The Hall–Kier alpha value is -2.43. The number of benzene rings is 2. The number of carbonyl (C=O) groups is 1. The van der Waals surface area contributed by atoms with Crippen LogP contribution in [-0.2, 0) is 17.4 Å². The highest BCUT2D eigenvalue weighted by molar-refractivity contribution is 5.95. The zero-order valence-corrected chi connectivity index (χ0v) is 12.3. The highest BCUT2D eigenvalue weighted by Crippen LogP contribution is 2.33. The van der Waals surface area contributed by atoms with Crippen LogP contribution in [0.15, 0.2) is 47.5 Å². The Morgan fingerprint density at radius 1 is 1.13 bits per heavy atom. The zero-order valence-electron chi connectivity index (χ0n) is 12.3. The molecule has 117 valence electrons. The van der Waals surface area contributed by atoms with Crippen molar-refractivity contribution in [3.8, 4) is 11.1 Å². The summed E-state index contributed by atoms with van der Waals surface area (Å²) in [7, 11) is 0. The monoisotopic (exact) mass is 316 g/mol. The molecule has 0 saturated carbocycles. The van der Waals surface area contributed by atoms with E-state index in [1.807, 2.05) is 6.07 Å². The highest BCUT2D eigenvalue weighted by atomic mass is 19.4. The first-order chi connectivity index (χ1) is 10.8. The normalized spacial score (nSPS) is 17.0. The van der Waals surface area contributed by atoms with Crippen molar-refractivity contribution in [2.75, 3.05) is 0 Å². The second kappa shape index (κ2) is 5.65. The number of nitrogens with zero attached hydrogens (tertiary/aromatic N) is 1. The minimum Gasteiger partial charge on any atom is -0.299 e. The summed E-state index contributed by atoms with van der Waals surface area (Å²) in [6.45, 7) is 1.50. The molecule has 2 aromatic rings. The molecular weight excluding hydrogens is 303 g/mol. The van der Waals surface area contributed by atoms with Crippen molar-refractivity contribution >= 4 is 17.7 Å². The lowest BCUT2D eigenvalue weighted by Crippen LogP contribution is -2.18. The van der Waals surface area contributed by atoms with Crippen LogP contribution in [0.25, 0.3) is 11.1 Å². The first kappa shape index (κ1) is 15.5. The molecule has 0 N–H and O–H groups in total. The van der Waals surface area contributed by atoms with E-state index in [9.17, 15) is 18.0 Å². The molecule has 1 unspecified atom stereocenters. The summed E-state index contributed by atoms with van der Waals surface area (Å²) in [5.74, 6) is -0.357. The van der Waals surface area contributed by atoms with Crippen LogP contribution in [-0.4, -0.2) is 12.0 Å². The van der Waals surface area contributed by atoms with E-state index in [4.69, 9.17) is 0 Å². The largest absolute Gasteiger partial charge is 0.416 e. The van der Waals surface area contributed by atoms with Gasteiger partial charge in [-0.2, -0.15) is 13.2 Å². The van der Waals surface area contributed by atoms with E-state index >= 15 is 0 Å². The fraction of sp³-hybridized carbons (Fsp3) is 0.222. The highest BCUT2D eigenvalue weighted by Gasteiger charge is 2.30. The van der Waals surface area contributed by atoms with E-state index in [0.717, 1.165) is 28.9 Å². The van der Waals surface area contributed by atoms with Gasteiger partial charge in [0.25, 0.3) is 0 Å². The molecule has 23 heavy (non-hydrogen) atoms. The topological polar surface area (TPSA) is 29.4 Å². The maximum atomic E-state index is 12.6. The Morgan fingerprint density at radius 2 is 1.78 bits per heavy atom. The van der Waals surface area contributed by atoms with E-state index in [0.29, 0.717) is 12.0 Å². The van der Waals surface area contributed by atoms with Gasteiger partial charge in [0.2, 0.25) is 0 Å². The number of halogens is 3. The van der Waals surface area contributed by atoms with Crippen LogP contribution in [0.5, 0.6) is 0 Å². The maximum absolute atomic E-state index is 12.6. The van der Waals surface area contributed by atoms with Gasteiger partial charge in [0, 0.05) is 0 Å². The lowest BCUT2D eigenvalue weighted by molar-refractivity contribution is -0.137. The quantitative estimate of drug-likeness (QED) is 0.789. The van der Waals surface area contributed by atoms with Crippen LogP contribution >= 0.6 is 0 Å². The van der Waals surface area contributed by atoms with Crippen molar-refractivity contribution in [1.29, 1.82) is 0 Å². The van der Waals surface area contributed by atoms with Gasteiger partial charge < -0.3 is 0 Å². The van der Waals surface area contributed by atoms with Gasteiger partial charge in [-0.25, -0.2) is 0 Å². The van der Waals surface area contributed by atoms with Crippen molar-refractivity contribution < 1.29 is 18.0 Å². The minimum atomic E-state index is -4.34. The molecule has 3 rings (SSSR count). The van der Waals surface area contributed by atoms with E-state index in [1.165, 1.54) is 19.1 Å². The van der Waals surface area contributed by atoms with Crippen molar-refractivity contribution in [2.24, 2.45) is 10.9 Å². The molecule has 1 radical (unpaired) electrons. The Bertz CT molecular complexity index is 776. The summed E-state index contributed by atoms with van der Waals surface area (Å²) < 4.78 is 37.8. The smallest absolute Gasteiger partial charge is 0.299 e. The number of aliphatic imine (C=N–C) groups is 1. The number of hydrogen-bond donors (Lipinski definition) is 0. The predicted octanol–water partition coefficient (Wildman–Crippen LogP) is 4.71. The Morgan fingerprint density at radius 3 is 2.39 bits per heavy atom. The van der Waals surface area contributed by atoms with Gasteiger partial charge in [0.05, 0.1) is 23.4 Å². The predicted molar refractivity (Wildman–Crippen MR) is 81.9 cm³/mol. The van der Waals surface area contributed by atoms with Gasteiger partial charge in [-0.15, -0.1) is 0 Å². The minimum absolute atomic E-state index is 0.000617. The van der Waals surface area contributed by atoms with Gasteiger partial charge >= 0.3 is 6.18 Å². The standard InChI is InChI=1S/C18H13F3NO/c1-11(23)15-9-14-8-13(4-7-17(14)22-10-15)12-2-5-16(6-3-12)18(19,20)21/h2-8,15H,9H2,1H3. The van der Waals surface area contributed by atoms with Gasteiger partial charge in [0.1, 0.15) is 5.78 Å². The molecule has 5 heteroatoms.